The molecule has 0 aliphatic heterocycles. The summed E-state index contributed by atoms with van der Waals surface area (Å²) < 4.78 is 5.11. The van der Waals surface area contributed by atoms with Crippen molar-refractivity contribution in [3.05, 3.63) is 29.8 Å². The second kappa shape index (κ2) is 9.04. The molecule has 0 fully saturated rings. The number of aliphatic hydroxyl groups is 1. The third-order valence-corrected chi connectivity index (χ3v) is 3.38. The third kappa shape index (κ3) is 5.37. The maximum absolute atomic E-state index is 12.3. The molecule has 0 heterocycles. The fourth-order valence-corrected chi connectivity index (χ4v) is 2.22. The van der Waals surface area contributed by atoms with Crippen LogP contribution in [0.5, 0.6) is 5.75 Å². The SMILES string of the molecule is CCN(CCO)C(=O)CC(NC(C)=O)c1ccc(OC)cc1. The number of hydrogen-bond acceptors (Lipinski definition) is 4. The van der Waals surface area contributed by atoms with Crippen LogP contribution in [0.1, 0.15) is 31.9 Å². The molecular formula is C16H24N2O4. The number of benzene rings is 1. The Bertz CT molecular complexity index is 487. The summed E-state index contributed by atoms with van der Waals surface area (Å²) in [6.45, 7) is 4.02. The number of nitrogens with zero attached hydrogens (tertiary/aromatic N) is 1. The van der Waals surface area contributed by atoms with Gasteiger partial charge >= 0.3 is 0 Å². The lowest BCUT2D eigenvalue weighted by molar-refractivity contribution is -0.132. The summed E-state index contributed by atoms with van der Waals surface area (Å²) in [6.07, 6.45) is 0.153. The van der Waals surface area contributed by atoms with E-state index in [0.29, 0.717) is 18.8 Å². The summed E-state index contributed by atoms with van der Waals surface area (Å²) in [7, 11) is 1.58. The van der Waals surface area contributed by atoms with E-state index in [1.54, 1.807) is 24.1 Å². The van der Waals surface area contributed by atoms with Crippen LogP contribution in [-0.2, 0) is 9.59 Å². The highest BCUT2D eigenvalue weighted by Crippen LogP contribution is 2.21. The predicted molar refractivity (Wildman–Crippen MR) is 83.5 cm³/mol. The molecule has 0 aliphatic rings. The molecule has 0 aromatic heterocycles. The molecule has 0 spiro atoms. The molecule has 0 radical (unpaired) electrons. The Morgan fingerprint density at radius 1 is 1.32 bits per heavy atom. The van der Waals surface area contributed by atoms with Crippen molar-refractivity contribution in [2.75, 3.05) is 26.8 Å². The topological polar surface area (TPSA) is 78.9 Å². The van der Waals surface area contributed by atoms with Crippen molar-refractivity contribution >= 4 is 11.8 Å². The van der Waals surface area contributed by atoms with Crippen LogP contribution in [-0.4, -0.2) is 48.6 Å². The number of rotatable bonds is 8. The van der Waals surface area contributed by atoms with E-state index < -0.39 is 6.04 Å². The molecule has 1 aromatic carbocycles. The average molecular weight is 308 g/mol. The van der Waals surface area contributed by atoms with Crippen molar-refractivity contribution in [2.45, 2.75) is 26.3 Å². The lowest BCUT2D eigenvalue weighted by atomic mass is 10.0. The summed E-state index contributed by atoms with van der Waals surface area (Å²) in [5, 5.41) is 11.8. The van der Waals surface area contributed by atoms with Gasteiger partial charge in [0.1, 0.15) is 5.75 Å². The van der Waals surface area contributed by atoms with Gasteiger partial charge in [-0.15, -0.1) is 0 Å². The van der Waals surface area contributed by atoms with Crippen molar-refractivity contribution in [1.82, 2.24) is 10.2 Å². The van der Waals surface area contributed by atoms with Crippen LogP contribution >= 0.6 is 0 Å². The molecule has 2 N–H and O–H groups in total. The van der Waals surface area contributed by atoms with Crippen LogP contribution in [0.25, 0.3) is 0 Å². The van der Waals surface area contributed by atoms with Crippen LogP contribution in [0.3, 0.4) is 0 Å². The van der Waals surface area contributed by atoms with Crippen molar-refractivity contribution in [2.24, 2.45) is 0 Å². The van der Waals surface area contributed by atoms with Crippen LogP contribution in [0.4, 0.5) is 0 Å². The minimum Gasteiger partial charge on any atom is -0.497 e. The lowest BCUT2D eigenvalue weighted by Gasteiger charge is -2.24. The monoisotopic (exact) mass is 308 g/mol. The molecule has 6 heteroatoms. The summed E-state index contributed by atoms with van der Waals surface area (Å²) in [6, 6.07) is 6.84. The number of amides is 2. The van der Waals surface area contributed by atoms with E-state index in [0.717, 1.165) is 5.56 Å². The lowest BCUT2D eigenvalue weighted by Crippen LogP contribution is -2.37. The van der Waals surface area contributed by atoms with Crippen LogP contribution in [0.15, 0.2) is 24.3 Å². The first-order valence-corrected chi connectivity index (χ1v) is 7.31. The fourth-order valence-electron chi connectivity index (χ4n) is 2.22. The second-order valence-corrected chi connectivity index (χ2v) is 4.93. The number of carbonyl (C=O) groups excluding carboxylic acids is 2. The van der Waals surface area contributed by atoms with Gasteiger partial charge in [-0.2, -0.15) is 0 Å². The van der Waals surface area contributed by atoms with Gasteiger partial charge < -0.3 is 20.1 Å². The van der Waals surface area contributed by atoms with Crippen molar-refractivity contribution < 1.29 is 19.4 Å². The molecule has 0 bridgehead atoms. The summed E-state index contributed by atoms with van der Waals surface area (Å²) in [5.74, 6) is 0.414. The Kier molecular flexibility index (Phi) is 7.39. The van der Waals surface area contributed by atoms with Gasteiger partial charge in [0.05, 0.1) is 26.2 Å². The highest BCUT2D eigenvalue weighted by Gasteiger charge is 2.20. The van der Waals surface area contributed by atoms with E-state index in [-0.39, 0.29) is 24.8 Å². The van der Waals surface area contributed by atoms with Crippen LogP contribution < -0.4 is 10.1 Å². The van der Waals surface area contributed by atoms with E-state index in [1.165, 1.54) is 6.92 Å². The zero-order valence-electron chi connectivity index (χ0n) is 13.3. The molecule has 1 unspecified atom stereocenters. The number of ether oxygens (including phenoxy) is 1. The van der Waals surface area contributed by atoms with Gasteiger partial charge in [-0.3, -0.25) is 9.59 Å². The van der Waals surface area contributed by atoms with Gasteiger partial charge in [-0.25, -0.2) is 0 Å². The minimum absolute atomic E-state index is 0.0765. The largest absolute Gasteiger partial charge is 0.497 e. The first-order valence-electron chi connectivity index (χ1n) is 7.31. The molecular weight excluding hydrogens is 284 g/mol. The maximum Gasteiger partial charge on any atom is 0.225 e. The van der Waals surface area contributed by atoms with Crippen molar-refractivity contribution in [3.63, 3.8) is 0 Å². The first-order chi connectivity index (χ1) is 10.5. The normalized spacial score (nSPS) is 11.6. The molecule has 0 saturated carbocycles. The molecule has 0 aliphatic carbocycles. The Morgan fingerprint density at radius 3 is 2.41 bits per heavy atom. The van der Waals surface area contributed by atoms with Crippen LogP contribution in [0.2, 0.25) is 0 Å². The summed E-state index contributed by atoms with van der Waals surface area (Å²) >= 11 is 0. The molecule has 2 amide bonds. The molecule has 1 atom stereocenters. The Balaban J connectivity index is 2.87. The number of methoxy groups -OCH3 is 1. The van der Waals surface area contributed by atoms with Crippen LogP contribution in [0, 0.1) is 0 Å². The summed E-state index contributed by atoms with van der Waals surface area (Å²) in [4.78, 5) is 25.3. The van der Waals surface area contributed by atoms with Gasteiger partial charge in [0.25, 0.3) is 0 Å². The molecule has 1 aromatic rings. The Labute approximate surface area is 131 Å². The standard InChI is InChI=1S/C16H24N2O4/c1-4-18(9-10-19)16(21)11-15(17-12(2)20)13-5-7-14(22-3)8-6-13/h5-8,15,19H,4,9-11H2,1-3H3,(H,17,20). The van der Waals surface area contributed by atoms with Gasteiger partial charge in [0, 0.05) is 20.0 Å². The molecule has 1 rings (SSSR count). The number of likely N-dealkylation sites (N-methyl/N-ethyl adjacent to an activating group) is 1. The van der Waals surface area contributed by atoms with E-state index in [4.69, 9.17) is 9.84 Å². The zero-order valence-corrected chi connectivity index (χ0v) is 13.3. The Hall–Kier alpha value is -2.08. The molecule has 6 nitrogen and oxygen atoms in total. The van der Waals surface area contributed by atoms with Gasteiger partial charge in [-0.1, -0.05) is 12.1 Å². The minimum atomic E-state index is -0.399. The quantitative estimate of drug-likeness (QED) is 0.754. The van der Waals surface area contributed by atoms with Crippen molar-refractivity contribution in [3.8, 4) is 5.75 Å². The second-order valence-electron chi connectivity index (χ2n) is 4.93. The van der Waals surface area contributed by atoms with Gasteiger partial charge in [-0.05, 0) is 24.6 Å². The maximum atomic E-state index is 12.3. The highest BCUT2D eigenvalue weighted by atomic mass is 16.5. The van der Waals surface area contributed by atoms with E-state index >= 15 is 0 Å². The number of aliphatic hydroxyl groups excluding tert-OH is 1. The Morgan fingerprint density at radius 2 is 1.95 bits per heavy atom. The highest BCUT2D eigenvalue weighted by molar-refractivity contribution is 5.79. The first kappa shape index (κ1) is 18.0. The zero-order chi connectivity index (χ0) is 16.5. The van der Waals surface area contributed by atoms with Gasteiger partial charge in [0.15, 0.2) is 0 Å². The average Bonchev–Trinajstić information content (AvgIpc) is 2.51. The predicted octanol–water partition coefficient (Wildman–Crippen LogP) is 1.10. The van der Waals surface area contributed by atoms with Crippen molar-refractivity contribution in [1.29, 1.82) is 0 Å². The molecule has 122 valence electrons. The van der Waals surface area contributed by atoms with E-state index in [2.05, 4.69) is 5.32 Å². The molecule has 22 heavy (non-hydrogen) atoms. The number of hydrogen-bond donors (Lipinski definition) is 2. The summed E-state index contributed by atoms with van der Waals surface area (Å²) in [5.41, 5.74) is 0.837. The van der Waals surface area contributed by atoms with E-state index in [1.807, 2.05) is 19.1 Å². The smallest absolute Gasteiger partial charge is 0.225 e. The number of carbonyl (C=O) groups is 2. The van der Waals surface area contributed by atoms with E-state index in [9.17, 15) is 9.59 Å². The fraction of sp³-hybridized carbons (Fsp3) is 0.500. The van der Waals surface area contributed by atoms with Gasteiger partial charge in [0.2, 0.25) is 11.8 Å². The number of nitrogens with one attached hydrogen (secondary N) is 1. The molecule has 0 saturated heterocycles. The third-order valence-electron chi connectivity index (χ3n) is 3.38.